The second-order valence-corrected chi connectivity index (χ2v) is 5.41. The molecule has 2 atom stereocenters. The number of hydrogen-bond donors (Lipinski definition) is 1. The van der Waals surface area contributed by atoms with Gasteiger partial charge in [-0.3, -0.25) is 0 Å². The van der Waals surface area contributed by atoms with Gasteiger partial charge in [0.2, 0.25) is 0 Å². The van der Waals surface area contributed by atoms with Crippen molar-refractivity contribution in [2.24, 2.45) is 5.73 Å². The molecule has 2 rings (SSSR count). The highest BCUT2D eigenvalue weighted by Gasteiger charge is 2.22. The first-order chi connectivity index (χ1) is 8.58. The van der Waals surface area contributed by atoms with E-state index >= 15 is 0 Å². The Morgan fingerprint density at radius 1 is 1.56 bits per heavy atom. The van der Waals surface area contributed by atoms with E-state index in [9.17, 15) is 0 Å². The zero-order chi connectivity index (χ0) is 13.1. The molecule has 1 aromatic heterocycles. The Bertz CT molecular complexity index is 391. The highest BCUT2D eigenvalue weighted by atomic mass is 15.2. The molecule has 18 heavy (non-hydrogen) atoms. The van der Waals surface area contributed by atoms with Crippen LogP contribution in [0.1, 0.15) is 31.4 Å². The van der Waals surface area contributed by atoms with Gasteiger partial charge in [-0.05, 0) is 51.1 Å². The minimum absolute atomic E-state index is 0.0641. The fourth-order valence-electron chi connectivity index (χ4n) is 2.55. The van der Waals surface area contributed by atoms with E-state index in [4.69, 9.17) is 5.73 Å². The number of likely N-dealkylation sites (tertiary alicyclic amines) is 1. The number of nitrogens with zero attached hydrogens (tertiary/aromatic N) is 3. The zero-order valence-corrected chi connectivity index (χ0v) is 11.6. The van der Waals surface area contributed by atoms with Crippen molar-refractivity contribution in [3.8, 4) is 0 Å². The van der Waals surface area contributed by atoms with Gasteiger partial charge in [-0.25, -0.2) is 4.98 Å². The van der Waals surface area contributed by atoms with Crippen molar-refractivity contribution in [3.05, 3.63) is 23.9 Å². The first kappa shape index (κ1) is 13.3. The quantitative estimate of drug-likeness (QED) is 0.883. The molecular formula is C14H24N4. The lowest BCUT2D eigenvalue weighted by Crippen LogP contribution is -2.45. The number of rotatable bonds is 3. The summed E-state index contributed by atoms with van der Waals surface area (Å²) in [7, 11) is 4.32. The molecule has 1 fully saturated rings. The smallest absolute Gasteiger partial charge is 0.128 e. The molecule has 4 nitrogen and oxygen atoms in total. The Morgan fingerprint density at radius 3 is 3.00 bits per heavy atom. The van der Waals surface area contributed by atoms with Crippen LogP contribution in [0.25, 0.3) is 0 Å². The van der Waals surface area contributed by atoms with Gasteiger partial charge in [-0.1, -0.05) is 0 Å². The van der Waals surface area contributed by atoms with Crippen molar-refractivity contribution in [1.82, 2.24) is 9.88 Å². The third-order valence-corrected chi connectivity index (χ3v) is 3.80. The van der Waals surface area contributed by atoms with Gasteiger partial charge in [0.1, 0.15) is 5.82 Å². The normalized spacial score (nSPS) is 22.8. The van der Waals surface area contributed by atoms with Crippen molar-refractivity contribution in [2.45, 2.75) is 31.8 Å². The summed E-state index contributed by atoms with van der Waals surface area (Å²) in [5.74, 6) is 1.03. The molecule has 100 valence electrons. The predicted octanol–water partition coefficient (Wildman–Crippen LogP) is 1.63. The number of aromatic nitrogens is 1. The fourth-order valence-corrected chi connectivity index (χ4v) is 2.55. The van der Waals surface area contributed by atoms with E-state index in [2.05, 4.69) is 34.9 Å². The van der Waals surface area contributed by atoms with Crippen LogP contribution in [-0.2, 0) is 0 Å². The largest absolute Gasteiger partial charge is 0.355 e. The number of hydrogen-bond acceptors (Lipinski definition) is 4. The summed E-state index contributed by atoms with van der Waals surface area (Å²) in [6, 6.07) is 4.72. The molecule has 1 aliphatic rings. The molecule has 1 saturated heterocycles. The average Bonchev–Trinajstić information content (AvgIpc) is 2.38. The summed E-state index contributed by atoms with van der Waals surface area (Å²) in [5, 5.41) is 0. The third kappa shape index (κ3) is 3.00. The molecule has 0 saturated carbocycles. The minimum Gasteiger partial charge on any atom is -0.355 e. The van der Waals surface area contributed by atoms with Gasteiger partial charge < -0.3 is 15.5 Å². The predicted molar refractivity (Wildman–Crippen MR) is 75.8 cm³/mol. The van der Waals surface area contributed by atoms with Crippen molar-refractivity contribution in [1.29, 1.82) is 0 Å². The van der Waals surface area contributed by atoms with E-state index < -0.39 is 0 Å². The van der Waals surface area contributed by atoms with Gasteiger partial charge in [0.25, 0.3) is 0 Å². The lowest BCUT2D eigenvalue weighted by molar-refractivity contribution is 0.247. The maximum absolute atomic E-state index is 5.93. The number of likely N-dealkylation sites (N-methyl/N-ethyl adjacent to an activating group) is 2. The molecule has 1 unspecified atom stereocenters. The molecule has 0 radical (unpaired) electrons. The summed E-state index contributed by atoms with van der Waals surface area (Å²) < 4.78 is 0. The van der Waals surface area contributed by atoms with Crippen LogP contribution in [0, 0.1) is 0 Å². The monoisotopic (exact) mass is 248 g/mol. The number of pyridine rings is 1. The Balaban J connectivity index is 2.12. The highest BCUT2D eigenvalue weighted by molar-refractivity contribution is 5.42. The minimum atomic E-state index is 0.0641. The van der Waals surface area contributed by atoms with Crippen molar-refractivity contribution in [3.63, 3.8) is 0 Å². The van der Waals surface area contributed by atoms with Gasteiger partial charge in [-0.15, -0.1) is 0 Å². The maximum Gasteiger partial charge on any atom is 0.128 e. The van der Waals surface area contributed by atoms with E-state index in [-0.39, 0.29) is 6.04 Å². The van der Waals surface area contributed by atoms with Crippen LogP contribution in [0.2, 0.25) is 0 Å². The first-order valence-electron chi connectivity index (χ1n) is 6.71. The second kappa shape index (κ2) is 5.67. The van der Waals surface area contributed by atoms with Crippen LogP contribution in [0.15, 0.2) is 18.3 Å². The molecule has 1 aliphatic heterocycles. The molecule has 0 aliphatic carbocycles. The lowest BCUT2D eigenvalue weighted by Gasteiger charge is -2.36. The maximum atomic E-state index is 5.93. The number of nitrogens with two attached hydrogens (primary N) is 1. The molecule has 0 bridgehead atoms. The molecule has 4 heteroatoms. The average molecular weight is 248 g/mol. The zero-order valence-electron chi connectivity index (χ0n) is 11.6. The van der Waals surface area contributed by atoms with Crippen LogP contribution in [0.4, 0.5) is 5.82 Å². The van der Waals surface area contributed by atoms with Gasteiger partial charge in [0, 0.05) is 31.9 Å². The summed E-state index contributed by atoms with van der Waals surface area (Å²) in [5.41, 5.74) is 7.08. The Kier molecular flexibility index (Phi) is 4.19. The number of piperidine rings is 1. The summed E-state index contributed by atoms with van der Waals surface area (Å²) in [6.07, 6.45) is 4.36. The van der Waals surface area contributed by atoms with Gasteiger partial charge in [-0.2, -0.15) is 0 Å². The van der Waals surface area contributed by atoms with E-state index in [1.54, 1.807) is 0 Å². The first-order valence-corrected chi connectivity index (χ1v) is 6.71. The van der Waals surface area contributed by atoms with Crippen molar-refractivity contribution >= 4 is 5.82 Å². The van der Waals surface area contributed by atoms with E-state index in [1.165, 1.54) is 19.4 Å². The van der Waals surface area contributed by atoms with Crippen molar-refractivity contribution in [2.75, 3.05) is 32.1 Å². The van der Waals surface area contributed by atoms with Gasteiger partial charge in [0.05, 0.1) is 0 Å². The van der Waals surface area contributed by atoms with Crippen LogP contribution in [0.3, 0.4) is 0 Å². The number of anilines is 1. The highest BCUT2D eigenvalue weighted by Crippen LogP contribution is 2.21. The Morgan fingerprint density at radius 2 is 2.33 bits per heavy atom. The molecule has 0 aromatic carbocycles. The SMILES string of the molecule is C[C@@H](N)c1ccnc(N(C)C2CCCN(C)C2)c1. The Labute approximate surface area is 110 Å². The van der Waals surface area contributed by atoms with Crippen LogP contribution in [-0.4, -0.2) is 43.1 Å². The van der Waals surface area contributed by atoms with E-state index in [0.717, 1.165) is 17.9 Å². The second-order valence-electron chi connectivity index (χ2n) is 5.41. The molecule has 2 N–H and O–H groups in total. The lowest BCUT2D eigenvalue weighted by atomic mass is 10.0. The molecule has 2 heterocycles. The van der Waals surface area contributed by atoms with Crippen molar-refractivity contribution < 1.29 is 0 Å². The molecule has 1 aromatic rings. The van der Waals surface area contributed by atoms with E-state index in [0.29, 0.717) is 6.04 Å². The van der Waals surface area contributed by atoms with Crippen LogP contribution in [0.5, 0.6) is 0 Å². The Hall–Kier alpha value is -1.13. The summed E-state index contributed by atoms with van der Waals surface area (Å²) in [6.45, 7) is 4.33. The third-order valence-electron chi connectivity index (χ3n) is 3.80. The van der Waals surface area contributed by atoms with Crippen LogP contribution < -0.4 is 10.6 Å². The standard InChI is InChI=1S/C14H24N4/c1-11(15)12-6-7-16-14(9-12)18(3)13-5-4-8-17(2)10-13/h6-7,9,11,13H,4-5,8,10,15H2,1-3H3/t11-,13?/m1/s1. The summed E-state index contributed by atoms with van der Waals surface area (Å²) >= 11 is 0. The molecular weight excluding hydrogens is 224 g/mol. The summed E-state index contributed by atoms with van der Waals surface area (Å²) in [4.78, 5) is 9.16. The molecule has 0 spiro atoms. The van der Waals surface area contributed by atoms with Gasteiger partial charge >= 0.3 is 0 Å². The topological polar surface area (TPSA) is 45.4 Å². The fraction of sp³-hybridized carbons (Fsp3) is 0.643. The van der Waals surface area contributed by atoms with Crippen LogP contribution >= 0.6 is 0 Å². The van der Waals surface area contributed by atoms with Gasteiger partial charge in [0.15, 0.2) is 0 Å². The van der Waals surface area contributed by atoms with E-state index in [1.807, 2.05) is 19.2 Å². The molecule has 0 amide bonds.